The van der Waals surface area contributed by atoms with E-state index in [2.05, 4.69) is 5.32 Å². The highest BCUT2D eigenvalue weighted by atomic mass is 32.2. The van der Waals surface area contributed by atoms with Gasteiger partial charge in [-0.1, -0.05) is 36.4 Å². The van der Waals surface area contributed by atoms with Crippen molar-refractivity contribution in [3.8, 4) is 0 Å². The number of rotatable bonds is 8. The summed E-state index contributed by atoms with van der Waals surface area (Å²) in [7, 11) is -3.82. The van der Waals surface area contributed by atoms with Gasteiger partial charge in [0.15, 0.2) is 0 Å². The van der Waals surface area contributed by atoms with Crippen LogP contribution >= 0.6 is 0 Å². The zero-order chi connectivity index (χ0) is 24.1. The Hall–Kier alpha value is -3.65. The highest BCUT2D eigenvalue weighted by molar-refractivity contribution is 7.92. The molecule has 176 valence electrons. The average molecular weight is 478 g/mol. The van der Waals surface area contributed by atoms with Crippen LogP contribution < -0.4 is 14.5 Å². The first-order valence-electron chi connectivity index (χ1n) is 11.3. The molecular formula is C26H27N3O4S. The fourth-order valence-corrected chi connectivity index (χ4v) is 5.53. The highest BCUT2D eigenvalue weighted by Gasteiger charge is 2.24. The van der Waals surface area contributed by atoms with Crippen LogP contribution in [0.1, 0.15) is 35.7 Å². The van der Waals surface area contributed by atoms with Gasteiger partial charge in [-0.05, 0) is 61.4 Å². The van der Waals surface area contributed by atoms with Crippen molar-refractivity contribution in [2.24, 2.45) is 0 Å². The average Bonchev–Trinajstić information content (AvgIpc) is 3.29. The minimum atomic E-state index is -3.82. The Bertz CT molecular complexity index is 1270. The quantitative estimate of drug-likeness (QED) is 0.532. The van der Waals surface area contributed by atoms with Crippen LogP contribution in [0.15, 0.2) is 83.8 Å². The van der Waals surface area contributed by atoms with Crippen molar-refractivity contribution < 1.29 is 18.0 Å². The lowest BCUT2D eigenvalue weighted by Gasteiger charge is -2.23. The molecule has 0 bridgehead atoms. The summed E-state index contributed by atoms with van der Waals surface area (Å²) in [5.74, 6) is -0.233. The lowest BCUT2D eigenvalue weighted by atomic mass is 10.1. The van der Waals surface area contributed by atoms with Crippen LogP contribution in [0.5, 0.6) is 0 Å². The van der Waals surface area contributed by atoms with Crippen molar-refractivity contribution in [2.45, 2.75) is 31.2 Å². The van der Waals surface area contributed by atoms with Gasteiger partial charge in [0.25, 0.3) is 15.9 Å². The van der Waals surface area contributed by atoms with Gasteiger partial charge in [0.2, 0.25) is 5.91 Å². The van der Waals surface area contributed by atoms with Gasteiger partial charge in [-0.2, -0.15) is 0 Å². The van der Waals surface area contributed by atoms with E-state index in [1.807, 2.05) is 30.3 Å². The molecule has 8 heteroatoms. The van der Waals surface area contributed by atoms with Crippen LogP contribution in [0, 0.1) is 0 Å². The monoisotopic (exact) mass is 477 g/mol. The number of hydrogen-bond donors (Lipinski definition) is 1. The van der Waals surface area contributed by atoms with Gasteiger partial charge in [0, 0.05) is 37.3 Å². The number of nitrogens with one attached hydrogen (secondary N) is 1. The van der Waals surface area contributed by atoms with E-state index in [1.165, 1.54) is 16.4 Å². The number of nitrogens with zero attached hydrogens (tertiary/aromatic N) is 2. The third-order valence-electron chi connectivity index (χ3n) is 5.79. The number of hydrogen-bond acceptors (Lipinski definition) is 4. The standard InChI is InChI=1S/C26H27N3O4S/c1-2-29(23-9-4-3-5-10-23)34(32,33)24-11-6-8-21(18-24)26(31)27-19-20-13-15-22(16-14-20)28-17-7-12-25(28)30/h3-6,8-11,13-16,18H,2,7,12,17,19H2,1H3,(H,27,31). The molecule has 1 heterocycles. The molecule has 0 spiro atoms. The van der Waals surface area contributed by atoms with Crippen LogP contribution in [0.2, 0.25) is 0 Å². The van der Waals surface area contributed by atoms with Gasteiger partial charge >= 0.3 is 0 Å². The molecule has 0 unspecified atom stereocenters. The fraction of sp³-hybridized carbons (Fsp3) is 0.231. The number of amides is 2. The van der Waals surface area contributed by atoms with Crippen LogP contribution in [0.25, 0.3) is 0 Å². The molecule has 0 aromatic heterocycles. The zero-order valence-electron chi connectivity index (χ0n) is 19.0. The van der Waals surface area contributed by atoms with Crippen molar-refractivity contribution in [3.05, 3.63) is 90.0 Å². The molecule has 7 nitrogen and oxygen atoms in total. The van der Waals surface area contributed by atoms with Crippen molar-refractivity contribution in [1.29, 1.82) is 0 Å². The normalized spacial score (nSPS) is 13.7. The van der Waals surface area contributed by atoms with Crippen molar-refractivity contribution >= 4 is 33.2 Å². The number of carbonyl (C=O) groups is 2. The second-order valence-electron chi connectivity index (χ2n) is 8.03. The SMILES string of the molecule is CCN(c1ccccc1)S(=O)(=O)c1cccc(C(=O)NCc2ccc(N3CCCC3=O)cc2)c1. The Morgan fingerprint density at radius 2 is 1.74 bits per heavy atom. The lowest BCUT2D eigenvalue weighted by Crippen LogP contribution is -2.31. The van der Waals surface area contributed by atoms with E-state index < -0.39 is 10.0 Å². The van der Waals surface area contributed by atoms with Gasteiger partial charge in [0.05, 0.1) is 10.6 Å². The molecule has 1 fully saturated rings. The first-order chi connectivity index (χ1) is 16.4. The molecule has 0 aliphatic carbocycles. The fourth-order valence-electron chi connectivity index (χ4n) is 4.01. The molecular weight excluding hydrogens is 450 g/mol. The smallest absolute Gasteiger partial charge is 0.264 e. The molecule has 2 amide bonds. The summed E-state index contributed by atoms with van der Waals surface area (Å²) in [6.45, 7) is 3.05. The molecule has 34 heavy (non-hydrogen) atoms. The highest BCUT2D eigenvalue weighted by Crippen LogP contribution is 2.24. The van der Waals surface area contributed by atoms with E-state index in [0.29, 0.717) is 12.1 Å². The Labute approximate surface area is 200 Å². The Balaban J connectivity index is 1.45. The largest absolute Gasteiger partial charge is 0.348 e. The van der Waals surface area contributed by atoms with Crippen LogP contribution in [-0.2, 0) is 21.4 Å². The Morgan fingerprint density at radius 3 is 2.38 bits per heavy atom. The van der Waals surface area contributed by atoms with Gasteiger partial charge in [-0.3, -0.25) is 13.9 Å². The molecule has 4 rings (SSSR count). The molecule has 1 aliphatic heterocycles. The molecule has 0 saturated carbocycles. The van der Waals surface area contributed by atoms with E-state index in [9.17, 15) is 18.0 Å². The predicted molar refractivity (Wildman–Crippen MR) is 132 cm³/mol. The molecule has 1 aliphatic rings. The van der Waals surface area contributed by atoms with E-state index in [1.54, 1.807) is 48.2 Å². The molecule has 0 atom stereocenters. The van der Waals surface area contributed by atoms with Crippen molar-refractivity contribution in [3.63, 3.8) is 0 Å². The van der Waals surface area contributed by atoms with E-state index in [0.717, 1.165) is 24.2 Å². The van der Waals surface area contributed by atoms with Gasteiger partial charge in [-0.25, -0.2) is 8.42 Å². The maximum absolute atomic E-state index is 13.2. The van der Waals surface area contributed by atoms with Crippen molar-refractivity contribution in [1.82, 2.24) is 5.32 Å². The maximum Gasteiger partial charge on any atom is 0.264 e. The minimum Gasteiger partial charge on any atom is -0.348 e. The lowest BCUT2D eigenvalue weighted by molar-refractivity contribution is -0.117. The van der Waals surface area contributed by atoms with Gasteiger partial charge < -0.3 is 10.2 Å². The van der Waals surface area contributed by atoms with Crippen LogP contribution in [0.3, 0.4) is 0 Å². The summed E-state index contributed by atoms with van der Waals surface area (Å²) in [6.07, 6.45) is 1.45. The molecule has 3 aromatic carbocycles. The Kier molecular flexibility index (Phi) is 6.98. The van der Waals surface area contributed by atoms with Gasteiger partial charge in [0.1, 0.15) is 0 Å². The molecule has 1 N–H and O–H groups in total. The van der Waals surface area contributed by atoms with Crippen LogP contribution in [-0.4, -0.2) is 33.3 Å². The van der Waals surface area contributed by atoms with Gasteiger partial charge in [-0.15, -0.1) is 0 Å². The minimum absolute atomic E-state index is 0.0606. The van der Waals surface area contributed by atoms with E-state index >= 15 is 0 Å². The first-order valence-corrected chi connectivity index (χ1v) is 12.7. The third-order valence-corrected chi connectivity index (χ3v) is 7.69. The summed E-state index contributed by atoms with van der Waals surface area (Å²) < 4.78 is 27.8. The maximum atomic E-state index is 13.2. The number of sulfonamides is 1. The third kappa shape index (κ3) is 4.97. The summed E-state index contributed by atoms with van der Waals surface area (Å²) in [6, 6.07) is 22.4. The number of carbonyl (C=O) groups excluding carboxylic acids is 2. The molecule has 0 radical (unpaired) electrons. The number of benzene rings is 3. The molecule has 3 aromatic rings. The second-order valence-corrected chi connectivity index (χ2v) is 9.89. The predicted octanol–water partition coefficient (Wildman–Crippen LogP) is 3.96. The summed E-state index contributed by atoms with van der Waals surface area (Å²) in [4.78, 5) is 26.5. The number of anilines is 2. The number of para-hydroxylation sites is 1. The van der Waals surface area contributed by atoms with E-state index in [-0.39, 0.29) is 35.4 Å². The summed E-state index contributed by atoms with van der Waals surface area (Å²) in [5, 5.41) is 2.84. The topological polar surface area (TPSA) is 86.8 Å². The summed E-state index contributed by atoms with van der Waals surface area (Å²) >= 11 is 0. The second kappa shape index (κ2) is 10.1. The van der Waals surface area contributed by atoms with E-state index in [4.69, 9.17) is 0 Å². The zero-order valence-corrected chi connectivity index (χ0v) is 19.8. The first kappa shape index (κ1) is 23.5. The Morgan fingerprint density at radius 1 is 1.00 bits per heavy atom. The van der Waals surface area contributed by atoms with Crippen molar-refractivity contribution in [2.75, 3.05) is 22.3 Å². The van der Waals surface area contributed by atoms with Crippen LogP contribution in [0.4, 0.5) is 11.4 Å². The molecule has 1 saturated heterocycles. The summed E-state index contributed by atoms with van der Waals surface area (Å²) in [5.41, 5.74) is 2.58.